The Balaban J connectivity index is 1.67. The lowest BCUT2D eigenvalue weighted by Crippen LogP contribution is -2.62. The smallest absolute Gasteiger partial charge is 0.246 e. The summed E-state index contributed by atoms with van der Waals surface area (Å²) < 4.78 is 10.9. The van der Waals surface area contributed by atoms with Crippen LogP contribution in [0.4, 0.5) is 0 Å². The Labute approximate surface area is 535 Å². The fraction of sp³-hybridized carbons (Fsp3) is 0.690. The van der Waals surface area contributed by atoms with Gasteiger partial charge in [0.1, 0.15) is 78.5 Å². The molecule has 3 aliphatic heterocycles. The van der Waals surface area contributed by atoms with Gasteiger partial charge in [-0.1, -0.05) is 93.5 Å². The minimum atomic E-state index is -1.83. The van der Waals surface area contributed by atoms with E-state index in [2.05, 4.69) is 42.5 Å². The van der Waals surface area contributed by atoms with Crippen molar-refractivity contribution in [3.8, 4) is 5.75 Å². The summed E-state index contributed by atoms with van der Waals surface area (Å²) in [5, 5.41) is 70.6. The van der Waals surface area contributed by atoms with Crippen LogP contribution in [-0.2, 0) is 73.4 Å². The molecule has 2 unspecified atom stereocenters. The Bertz CT molecular complexity index is 2640. The van der Waals surface area contributed by atoms with Crippen molar-refractivity contribution in [3.05, 3.63) is 29.8 Å². The van der Waals surface area contributed by atoms with Crippen molar-refractivity contribution in [3.63, 3.8) is 0 Å². The molecule has 0 bridgehead atoms. The number of unbranched alkanes of at least 4 members (excludes halogenated alkanes) is 5. The Hall–Kier alpha value is -6.88. The van der Waals surface area contributed by atoms with E-state index >= 15 is 0 Å². The number of primary amides is 3. The fourth-order valence-corrected chi connectivity index (χ4v) is 12.5. The van der Waals surface area contributed by atoms with Crippen molar-refractivity contribution < 1.29 is 92.5 Å². The van der Waals surface area contributed by atoms with Gasteiger partial charge in [-0.3, -0.25) is 57.5 Å². The second kappa shape index (κ2) is 38.8. The van der Waals surface area contributed by atoms with Crippen LogP contribution >= 0.6 is 21.6 Å². The van der Waals surface area contributed by atoms with Gasteiger partial charge in [0, 0.05) is 43.9 Å². The maximum atomic E-state index is 14.9. The van der Waals surface area contributed by atoms with E-state index < -0.39 is 188 Å². The first-order chi connectivity index (χ1) is 43.1. The number of nitrogens with zero attached hydrogens (tertiary/aromatic N) is 1. The summed E-state index contributed by atoms with van der Waals surface area (Å²) in [4.78, 5) is 166. The number of carbonyl (C=O) groups excluding carboxylic acids is 12. The summed E-state index contributed by atoms with van der Waals surface area (Å²) in [6.07, 6.45) is -4.62. The Morgan fingerprint density at radius 2 is 1.36 bits per heavy atom. The first-order valence-corrected chi connectivity index (χ1v) is 33.1. The van der Waals surface area contributed by atoms with Gasteiger partial charge < -0.3 is 99.6 Å². The molecule has 3 saturated heterocycles. The van der Waals surface area contributed by atoms with Crippen molar-refractivity contribution in [2.45, 2.75) is 203 Å². The molecular formula is C58H92N12O19S2. The largest absolute Gasteiger partial charge is 0.508 e. The van der Waals surface area contributed by atoms with E-state index in [-0.39, 0.29) is 68.4 Å². The molecule has 510 valence electrons. The number of hydrogen-bond acceptors (Lipinski definition) is 21. The van der Waals surface area contributed by atoms with Gasteiger partial charge in [-0.2, -0.15) is 0 Å². The third-order valence-electron chi connectivity index (χ3n) is 15.5. The molecule has 0 spiro atoms. The second-order valence-electron chi connectivity index (χ2n) is 23.4. The van der Waals surface area contributed by atoms with Gasteiger partial charge >= 0.3 is 0 Å². The molecule has 3 fully saturated rings. The van der Waals surface area contributed by atoms with E-state index in [9.17, 15) is 83.1 Å². The summed E-state index contributed by atoms with van der Waals surface area (Å²) >= 11 is 0. The molecule has 12 amide bonds. The highest BCUT2D eigenvalue weighted by Gasteiger charge is 2.45. The average molecular weight is 1330 g/mol. The maximum absolute atomic E-state index is 14.9. The number of rotatable bonds is 29. The quantitative estimate of drug-likeness (QED) is 0.0269. The Morgan fingerprint density at radius 3 is 2.00 bits per heavy atom. The predicted octanol–water partition coefficient (Wildman–Crippen LogP) is -3.90. The molecule has 4 rings (SSSR count). The zero-order chi connectivity index (χ0) is 67.5. The van der Waals surface area contributed by atoms with Gasteiger partial charge in [0.2, 0.25) is 70.9 Å². The van der Waals surface area contributed by atoms with Crippen molar-refractivity contribution >= 4 is 92.5 Å². The van der Waals surface area contributed by atoms with Crippen LogP contribution in [0.15, 0.2) is 24.3 Å². The minimum absolute atomic E-state index is 0.0131. The van der Waals surface area contributed by atoms with Crippen LogP contribution in [0, 0.1) is 11.8 Å². The van der Waals surface area contributed by atoms with E-state index in [0.717, 1.165) is 21.6 Å². The standard InChI is InChI=1S/C58H92N12O19S2/c1-5-31(4)46-56(86)64-34(19-20-42(59)73)51(81)66-37(25-43(60)74)52(82)68-39(57(87)70-21-12-13-40(70)55(85)67-35(23-30(2)3)50(80)62-26-44(61)75)29-91-90-28-38(54(84)65-36(53(83)69-46)24-32-15-17-33(72)18-16-32)63-45(76)14-10-8-6-7-9-11-22-88-58-49(79)48(78)47(77)41(27-71)89-58/h15-18,30-31,34-41,46-49,58,71-72,77-79H,5-14,19-29H2,1-4H3,(H2,59,73)(H2,60,74)(H2,61,75)(H,62,80)(H,63,76)(H,64,86)(H,65,84)(H,66,81)(H,67,85)(H,68,82)(H,69,83)/t31-,34?,35-,36-,37-,38?,39-,40-,41+,46-,47+,48-,49+,58+/m0/s1. The zero-order valence-electron chi connectivity index (χ0n) is 51.8. The first-order valence-electron chi connectivity index (χ1n) is 30.6. The zero-order valence-corrected chi connectivity index (χ0v) is 53.4. The van der Waals surface area contributed by atoms with Gasteiger partial charge in [-0.25, -0.2) is 0 Å². The number of amides is 12. The number of aromatic hydroxyl groups is 1. The van der Waals surface area contributed by atoms with Gasteiger partial charge in [-0.15, -0.1) is 0 Å². The lowest BCUT2D eigenvalue weighted by Gasteiger charge is -2.39. The fourth-order valence-electron chi connectivity index (χ4n) is 10.2. The summed E-state index contributed by atoms with van der Waals surface area (Å²) in [7, 11) is 1.92. The molecule has 0 aromatic heterocycles. The number of likely N-dealkylation sites (tertiary alicyclic amines) is 1. The van der Waals surface area contributed by atoms with E-state index in [1.165, 1.54) is 29.2 Å². The second-order valence-corrected chi connectivity index (χ2v) is 25.9. The lowest BCUT2D eigenvalue weighted by atomic mass is 9.96. The topological polar surface area (TPSA) is 502 Å². The van der Waals surface area contributed by atoms with Gasteiger partial charge in [0.05, 0.1) is 19.6 Å². The number of aliphatic hydroxyl groups is 4. The predicted molar refractivity (Wildman–Crippen MR) is 330 cm³/mol. The van der Waals surface area contributed by atoms with E-state index in [1.54, 1.807) is 27.7 Å². The van der Waals surface area contributed by atoms with Crippen LogP contribution in [0.5, 0.6) is 5.75 Å². The molecule has 31 nitrogen and oxygen atoms in total. The minimum Gasteiger partial charge on any atom is -0.508 e. The Morgan fingerprint density at radius 1 is 0.736 bits per heavy atom. The highest BCUT2D eigenvalue weighted by molar-refractivity contribution is 8.76. The number of ether oxygens (including phenoxy) is 2. The van der Waals surface area contributed by atoms with Crippen LogP contribution in [0.3, 0.4) is 0 Å². The number of carbonyl (C=O) groups is 12. The van der Waals surface area contributed by atoms with Crippen LogP contribution < -0.4 is 59.7 Å². The molecule has 0 radical (unpaired) electrons. The molecule has 0 aliphatic carbocycles. The van der Waals surface area contributed by atoms with E-state index in [4.69, 9.17) is 26.7 Å². The normalized spacial score (nSPS) is 26.3. The third-order valence-corrected chi connectivity index (χ3v) is 17.9. The summed E-state index contributed by atoms with van der Waals surface area (Å²) in [6, 6.07) is -5.94. The van der Waals surface area contributed by atoms with Crippen molar-refractivity contribution in [1.82, 2.24) is 47.4 Å². The van der Waals surface area contributed by atoms with E-state index in [1.807, 2.05) is 0 Å². The van der Waals surface area contributed by atoms with Crippen molar-refractivity contribution in [2.75, 3.05) is 37.8 Å². The van der Waals surface area contributed by atoms with Gasteiger partial charge in [0.25, 0.3) is 0 Å². The number of phenols is 1. The van der Waals surface area contributed by atoms with Crippen LogP contribution in [0.1, 0.15) is 123 Å². The maximum Gasteiger partial charge on any atom is 0.246 e. The van der Waals surface area contributed by atoms with Gasteiger partial charge in [0.15, 0.2) is 6.29 Å². The molecule has 3 aliphatic rings. The molecule has 3 heterocycles. The van der Waals surface area contributed by atoms with Gasteiger partial charge in [-0.05, 0) is 68.1 Å². The molecular weight excluding hydrogens is 1230 g/mol. The molecule has 19 N–H and O–H groups in total. The first kappa shape index (κ1) is 76.6. The molecule has 33 heteroatoms. The Kier molecular flexibility index (Phi) is 32.7. The van der Waals surface area contributed by atoms with Crippen molar-refractivity contribution in [2.24, 2.45) is 29.0 Å². The highest BCUT2D eigenvalue weighted by atomic mass is 33.1. The summed E-state index contributed by atoms with van der Waals surface area (Å²) in [6.45, 7) is 5.96. The molecule has 1 aromatic carbocycles. The number of nitrogens with two attached hydrogens (primary N) is 3. The third kappa shape index (κ3) is 25.6. The molecule has 1 aromatic rings. The molecule has 14 atom stereocenters. The number of hydrogen-bond donors (Lipinski definition) is 16. The lowest BCUT2D eigenvalue weighted by molar-refractivity contribution is -0.301. The molecule has 0 saturated carbocycles. The summed E-state index contributed by atoms with van der Waals surface area (Å²) in [5.41, 5.74) is 16.8. The highest BCUT2D eigenvalue weighted by Crippen LogP contribution is 2.27. The number of benzene rings is 1. The monoisotopic (exact) mass is 1320 g/mol. The average Bonchev–Trinajstić information content (AvgIpc) is 3.92. The SMILES string of the molecule is CC[C@H](C)[C@@H]1NC(=O)[C@H](Cc2ccc(O)cc2)NC(=O)C(NC(=O)CCCCCCCCO[C@@H]2O[C@H](CO)[C@@H](O)[C@H](O)[C@H]2O)CSSC[C@@H](C(=O)N2CCC[C@H]2C(=O)N[C@@H](CC(C)C)C(=O)NCC(N)=O)NC(=O)[C@H](CC(N)=O)NC(=O)C(CCC(N)=O)NC1=O. The summed E-state index contributed by atoms with van der Waals surface area (Å²) in [5.74, 6) is -11.9. The van der Waals surface area contributed by atoms with Crippen LogP contribution in [0.25, 0.3) is 0 Å². The van der Waals surface area contributed by atoms with Crippen LogP contribution in [0.2, 0.25) is 0 Å². The number of nitrogens with one attached hydrogen (secondary N) is 8. The van der Waals surface area contributed by atoms with E-state index in [0.29, 0.717) is 50.5 Å². The molecule has 91 heavy (non-hydrogen) atoms. The number of aliphatic hydroxyl groups excluding tert-OH is 4. The number of phenolic OH excluding ortho intramolecular Hbond substituents is 1. The van der Waals surface area contributed by atoms with Crippen LogP contribution in [-0.4, -0.2) is 218 Å². The van der Waals surface area contributed by atoms with Crippen molar-refractivity contribution in [1.29, 1.82) is 0 Å².